The summed E-state index contributed by atoms with van der Waals surface area (Å²) in [4.78, 5) is 0. The summed E-state index contributed by atoms with van der Waals surface area (Å²) < 4.78 is 35.9. The fraction of sp³-hybridized carbons (Fsp3) is 0.500. The average molecular weight is 414 g/mol. The molecule has 162 valence electrons. The van der Waals surface area contributed by atoms with E-state index in [1.165, 1.54) is 0 Å². The average Bonchev–Trinajstić information content (AvgIpc) is 3.12. The molecule has 0 aliphatic carbocycles. The summed E-state index contributed by atoms with van der Waals surface area (Å²) in [5.41, 5.74) is 2.24. The number of hydrogen-bond acceptors (Lipinski definition) is 6. The Kier molecular flexibility index (Phi) is 6.83. The van der Waals surface area contributed by atoms with E-state index >= 15 is 0 Å². The number of ether oxygens (including phenoxy) is 6. The lowest BCUT2D eigenvalue weighted by Crippen LogP contribution is -2.54. The van der Waals surface area contributed by atoms with Gasteiger partial charge in [-0.05, 0) is 11.1 Å². The van der Waals surface area contributed by atoms with Gasteiger partial charge in [-0.2, -0.15) is 0 Å². The zero-order valence-electron chi connectivity index (χ0n) is 17.7. The Morgan fingerprint density at radius 2 is 1.53 bits per heavy atom. The Morgan fingerprint density at radius 1 is 0.900 bits per heavy atom. The molecule has 0 N–H and O–H groups in total. The SMILES string of the molecule is COC1(C)O[C@@H]2O[C@@H](COCc3ccccc3)[C@@H](C)[C@H](OCc3ccccc3)[C@@H]2O1. The molecule has 2 aromatic carbocycles. The fourth-order valence-electron chi connectivity index (χ4n) is 3.91. The maximum absolute atomic E-state index is 6.33. The lowest BCUT2D eigenvalue weighted by atomic mass is 9.90. The van der Waals surface area contributed by atoms with Gasteiger partial charge in [0.2, 0.25) is 0 Å². The van der Waals surface area contributed by atoms with Crippen molar-refractivity contribution < 1.29 is 28.4 Å². The van der Waals surface area contributed by atoms with Gasteiger partial charge < -0.3 is 23.7 Å². The Labute approximate surface area is 178 Å². The molecule has 0 amide bonds. The highest BCUT2D eigenvalue weighted by Crippen LogP contribution is 2.40. The number of hydrogen-bond donors (Lipinski definition) is 0. The van der Waals surface area contributed by atoms with Crippen LogP contribution in [-0.4, -0.2) is 44.3 Å². The molecule has 2 aromatic rings. The fourth-order valence-corrected chi connectivity index (χ4v) is 3.91. The molecule has 0 spiro atoms. The minimum atomic E-state index is -1.15. The zero-order valence-corrected chi connectivity index (χ0v) is 17.7. The lowest BCUT2D eigenvalue weighted by Gasteiger charge is -2.41. The lowest BCUT2D eigenvalue weighted by molar-refractivity contribution is -0.334. The summed E-state index contributed by atoms with van der Waals surface area (Å²) in [6.07, 6.45) is -1.35. The van der Waals surface area contributed by atoms with Crippen molar-refractivity contribution in [2.24, 2.45) is 5.92 Å². The molecule has 1 unspecified atom stereocenters. The second-order valence-corrected chi connectivity index (χ2v) is 7.93. The second-order valence-electron chi connectivity index (χ2n) is 7.93. The quantitative estimate of drug-likeness (QED) is 0.653. The van der Waals surface area contributed by atoms with Gasteiger partial charge in [-0.15, -0.1) is 0 Å². The molecular weight excluding hydrogens is 384 g/mol. The molecule has 2 fully saturated rings. The third kappa shape index (κ3) is 4.91. The molecule has 2 heterocycles. The van der Waals surface area contributed by atoms with Gasteiger partial charge in [-0.3, -0.25) is 4.74 Å². The minimum Gasteiger partial charge on any atom is -0.374 e. The van der Waals surface area contributed by atoms with Crippen LogP contribution in [0.15, 0.2) is 60.7 Å². The highest BCUT2D eigenvalue weighted by molar-refractivity contribution is 5.14. The molecule has 0 saturated carbocycles. The van der Waals surface area contributed by atoms with Crippen LogP contribution in [-0.2, 0) is 41.6 Å². The number of benzene rings is 2. The normalized spacial score (nSPS) is 33.4. The predicted octanol–water partition coefficient (Wildman–Crippen LogP) is 3.89. The van der Waals surface area contributed by atoms with Crippen molar-refractivity contribution in [2.75, 3.05) is 13.7 Å². The van der Waals surface area contributed by atoms with E-state index in [9.17, 15) is 0 Å². The van der Waals surface area contributed by atoms with E-state index in [4.69, 9.17) is 28.4 Å². The van der Waals surface area contributed by atoms with Crippen molar-refractivity contribution in [1.82, 2.24) is 0 Å². The van der Waals surface area contributed by atoms with Gasteiger partial charge in [0.1, 0.15) is 6.10 Å². The first-order chi connectivity index (χ1) is 14.6. The summed E-state index contributed by atoms with van der Waals surface area (Å²) >= 11 is 0. The monoisotopic (exact) mass is 414 g/mol. The molecule has 6 heteroatoms. The standard InChI is InChI=1S/C24H30O6/c1-17-20(16-26-14-18-10-6-4-7-11-18)28-23-22(29-24(2,25-3)30-23)21(17)27-15-19-12-8-5-9-13-19/h4-13,17,20-23H,14-16H2,1-3H3/t17-,20+,21+,22+,23+,24?/m1/s1. The van der Waals surface area contributed by atoms with Crippen LogP contribution in [0.1, 0.15) is 25.0 Å². The van der Waals surface area contributed by atoms with Gasteiger partial charge in [0, 0.05) is 20.0 Å². The molecule has 0 radical (unpaired) electrons. The van der Waals surface area contributed by atoms with Crippen LogP contribution in [0.4, 0.5) is 0 Å². The molecule has 2 saturated heterocycles. The van der Waals surface area contributed by atoms with E-state index in [1.807, 2.05) is 60.7 Å². The first-order valence-corrected chi connectivity index (χ1v) is 10.4. The first kappa shape index (κ1) is 21.4. The topological polar surface area (TPSA) is 55.4 Å². The van der Waals surface area contributed by atoms with Crippen molar-refractivity contribution in [2.45, 2.75) is 57.6 Å². The molecule has 6 nitrogen and oxygen atoms in total. The maximum Gasteiger partial charge on any atom is 0.282 e. The van der Waals surface area contributed by atoms with Gasteiger partial charge in [-0.1, -0.05) is 67.6 Å². The Hall–Kier alpha value is -1.80. The van der Waals surface area contributed by atoms with Gasteiger partial charge in [-0.25, -0.2) is 0 Å². The van der Waals surface area contributed by atoms with Crippen molar-refractivity contribution in [1.29, 1.82) is 0 Å². The number of rotatable bonds is 8. The smallest absolute Gasteiger partial charge is 0.282 e. The second kappa shape index (κ2) is 9.56. The molecule has 6 atom stereocenters. The van der Waals surface area contributed by atoms with Crippen molar-refractivity contribution >= 4 is 0 Å². The van der Waals surface area contributed by atoms with E-state index in [0.717, 1.165) is 11.1 Å². The molecular formula is C24H30O6. The zero-order chi connectivity index (χ0) is 21.0. The van der Waals surface area contributed by atoms with Crippen molar-refractivity contribution in [3.63, 3.8) is 0 Å². The molecule has 0 aromatic heterocycles. The highest BCUT2D eigenvalue weighted by Gasteiger charge is 2.55. The van der Waals surface area contributed by atoms with Crippen LogP contribution in [0.25, 0.3) is 0 Å². The summed E-state index contributed by atoms with van der Waals surface area (Å²) in [5.74, 6) is -1.10. The van der Waals surface area contributed by atoms with Crippen LogP contribution in [0.3, 0.4) is 0 Å². The Balaban J connectivity index is 1.43. The highest BCUT2D eigenvalue weighted by atomic mass is 16.9. The summed E-state index contributed by atoms with van der Waals surface area (Å²) in [6.45, 7) is 5.31. The van der Waals surface area contributed by atoms with E-state index in [-0.39, 0.29) is 24.2 Å². The van der Waals surface area contributed by atoms with Gasteiger partial charge in [0.25, 0.3) is 5.97 Å². The van der Waals surface area contributed by atoms with Crippen molar-refractivity contribution in [3.8, 4) is 0 Å². The third-order valence-corrected chi connectivity index (χ3v) is 5.74. The molecule has 2 aliphatic heterocycles. The van der Waals surface area contributed by atoms with Crippen LogP contribution >= 0.6 is 0 Å². The molecule has 0 bridgehead atoms. The van der Waals surface area contributed by atoms with Gasteiger partial charge in [0.15, 0.2) is 6.29 Å². The molecule has 4 rings (SSSR count). The van der Waals surface area contributed by atoms with Crippen LogP contribution < -0.4 is 0 Å². The number of fused-ring (bicyclic) bond motifs is 1. The van der Waals surface area contributed by atoms with E-state index in [1.54, 1.807) is 14.0 Å². The maximum atomic E-state index is 6.33. The predicted molar refractivity (Wildman–Crippen MR) is 110 cm³/mol. The largest absolute Gasteiger partial charge is 0.374 e. The van der Waals surface area contributed by atoms with Gasteiger partial charge in [0.05, 0.1) is 32.0 Å². The van der Waals surface area contributed by atoms with Crippen molar-refractivity contribution in [3.05, 3.63) is 71.8 Å². The molecule has 2 aliphatic rings. The van der Waals surface area contributed by atoms with E-state index in [0.29, 0.717) is 19.8 Å². The Bertz CT molecular complexity index is 785. The van der Waals surface area contributed by atoms with Crippen LogP contribution in [0.2, 0.25) is 0 Å². The minimum absolute atomic E-state index is 0.0496. The van der Waals surface area contributed by atoms with E-state index < -0.39 is 12.3 Å². The summed E-state index contributed by atoms with van der Waals surface area (Å²) in [5, 5.41) is 0. The first-order valence-electron chi connectivity index (χ1n) is 10.4. The van der Waals surface area contributed by atoms with Crippen LogP contribution in [0.5, 0.6) is 0 Å². The van der Waals surface area contributed by atoms with Crippen LogP contribution in [0, 0.1) is 5.92 Å². The molecule has 30 heavy (non-hydrogen) atoms. The summed E-state index contributed by atoms with van der Waals surface area (Å²) in [7, 11) is 1.56. The van der Waals surface area contributed by atoms with Gasteiger partial charge >= 0.3 is 0 Å². The van der Waals surface area contributed by atoms with E-state index in [2.05, 4.69) is 6.92 Å². The third-order valence-electron chi connectivity index (χ3n) is 5.74. The number of methoxy groups -OCH3 is 1. The Morgan fingerprint density at radius 3 is 2.17 bits per heavy atom. The summed E-state index contributed by atoms with van der Waals surface area (Å²) in [6, 6.07) is 20.2.